The Morgan fingerprint density at radius 3 is 1.44 bits per heavy atom. The number of carbonyl (C=O) groups excluding carboxylic acids is 2. The maximum Gasteiger partial charge on any atom is 0.362 e. The summed E-state index contributed by atoms with van der Waals surface area (Å²) in [6.07, 6.45) is 61.5. The lowest BCUT2D eigenvalue weighted by Gasteiger charge is -2.31. The van der Waals surface area contributed by atoms with Crippen LogP contribution < -0.4 is 0 Å². The third-order valence-electron chi connectivity index (χ3n) is 10.2. The summed E-state index contributed by atoms with van der Waals surface area (Å²) in [5.41, 5.74) is 0. The van der Waals surface area contributed by atoms with E-state index in [1.807, 2.05) is 21.1 Å². The third kappa shape index (κ3) is 43.0. The highest BCUT2D eigenvalue weighted by molar-refractivity contribution is 5.72. The van der Waals surface area contributed by atoms with Crippen molar-refractivity contribution in [2.24, 2.45) is 0 Å². The second-order valence-corrected chi connectivity index (χ2v) is 17.0. The van der Waals surface area contributed by atoms with E-state index in [9.17, 15) is 19.5 Å². The van der Waals surface area contributed by atoms with Crippen molar-refractivity contribution in [3.8, 4) is 0 Å². The maximum atomic E-state index is 12.8. The van der Waals surface area contributed by atoms with Gasteiger partial charge in [-0.25, -0.2) is 4.79 Å². The first-order valence-electron chi connectivity index (χ1n) is 24.4. The van der Waals surface area contributed by atoms with Gasteiger partial charge in [-0.1, -0.05) is 168 Å². The number of hydrogen-bond donors (Lipinski definition) is 1. The molecule has 2 unspecified atom stereocenters. The van der Waals surface area contributed by atoms with Crippen LogP contribution in [0.3, 0.4) is 0 Å². The van der Waals surface area contributed by atoms with Crippen LogP contribution in [0.2, 0.25) is 0 Å². The van der Waals surface area contributed by atoms with E-state index in [1.165, 1.54) is 44.9 Å². The molecule has 8 heteroatoms. The fourth-order valence-corrected chi connectivity index (χ4v) is 6.42. The van der Waals surface area contributed by atoms with Crippen LogP contribution in [0.4, 0.5) is 0 Å². The van der Waals surface area contributed by atoms with Crippen molar-refractivity contribution in [1.29, 1.82) is 0 Å². The largest absolute Gasteiger partial charge is 0.477 e. The molecule has 0 aliphatic heterocycles. The molecule has 1 N–H and O–H groups in total. The minimum atomic E-state index is -0.892. The predicted molar refractivity (Wildman–Crippen MR) is 266 cm³/mol. The van der Waals surface area contributed by atoms with Crippen molar-refractivity contribution in [3.63, 3.8) is 0 Å². The van der Waals surface area contributed by atoms with Crippen LogP contribution in [-0.2, 0) is 28.6 Å². The molecule has 0 aliphatic carbocycles. The highest BCUT2D eigenvalue weighted by Gasteiger charge is 2.31. The summed E-state index contributed by atoms with van der Waals surface area (Å²) in [5.74, 6) is -1.59. The fraction of sp³-hybridized carbons (Fsp3) is 0.618. The Hall–Kier alpha value is -4.01. The number of allylic oxidation sites excluding steroid dienone is 18. The van der Waals surface area contributed by atoms with E-state index in [1.54, 1.807) is 0 Å². The monoisotopic (exact) mass is 877 g/mol. The normalized spacial score (nSPS) is 13.9. The van der Waals surface area contributed by atoms with Crippen LogP contribution in [0.25, 0.3) is 0 Å². The summed E-state index contributed by atoms with van der Waals surface area (Å²) in [6.45, 7) is 4.51. The van der Waals surface area contributed by atoms with Crippen LogP contribution in [0.5, 0.6) is 0 Å². The lowest BCUT2D eigenvalue weighted by Crippen LogP contribution is -2.50. The molecular formula is C55H90NO7+. The molecule has 356 valence electrons. The van der Waals surface area contributed by atoms with Gasteiger partial charge in [-0.2, -0.15) is 0 Å². The molecule has 63 heavy (non-hydrogen) atoms. The highest BCUT2D eigenvalue weighted by atomic mass is 16.6. The van der Waals surface area contributed by atoms with Gasteiger partial charge in [0.2, 0.25) is 0 Å². The lowest BCUT2D eigenvalue weighted by molar-refractivity contribution is -0.887. The first kappa shape index (κ1) is 59.0. The Balaban J connectivity index is 4.47. The van der Waals surface area contributed by atoms with Gasteiger partial charge in [0.15, 0.2) is 12.1 Å². The van der Waals surface area contributed by atoms with Crippen molar-refractivity contribution in [3.05, 3.63) is 109 Å². The van der Waals surface area contributed by atoms with Gasteiger partial charge in [-0.15, -0.1) is 0 Å². The summed E-state index contributed by atoms with van der Waals surface area (Å²) < 4.78 is 17.2. The van der Waals surface area contributed by atoms with Crippen LogP contribution >= 0.6 is 0 Å². The molecule has 0 aromatic rings. The number of carboxylic acids is 1. The van der Waals surface area contributed by atoms with Crippen LogP contribution in [0.15, 0.2) is 109 Å². The number of rotatable bonds is 42. The van der Waals surface area contributed by atoms with E-state index >= 15 is 0 Å². The maximum absolute atomic E-state index is 12.8. The molecule has 0 aliphatic rings. The van der Waals surface area contributed by atoms with Gasteiger partial charge in [0.25, 0.3) is 0 Å². The van der Waals surface area contributed by atoms with Gasteiger partial charge in [0, 0.05) is 19.3 Å². The fourth-order valence-electron chi connectivity index (χ4n) is 6.42. The topological polar surface area (TPSA) is 99.1 Å². The smallest absolute Gasteiger partial charge is 0.362 e. The Labute approximate surface area is 385 Å². The molecule has 0 fully saturated rings. The van der Waals surface area contributed by atoms with Crippen LogP contribution in [0, 0.1) is 0 Å². The molecule has 0 saturated heterocycles. The third-order valence-corrected chi connectivity index (χ3v) is 10.2. The van der Waals surface area contributed by atoms with Crippen LogP contribution in [0.1, 0.15) is 168 Å². The number of hydrogen-bond acceptors (Lipinski definition) is 6. The summed E-state index contributed by atoms with van der Waals surface area (Å²) in [5, 5.41) is 9.64. The SMILES string of the molecule is CC/C=C/C/C=C/C/C=C/C/C=C/C/C=C/C/C=C/C/C=C/CCCC(=O)OC(COCCC(C(=O)O)[N+](C)(C)C)COC(=O)CCCCC/C=C/C=C/CCCCCCCCC. The number of esters is 2. The molecular weight excluding hydrogens is 787 g/mol. The number of likely N-dealkylation sites (N-methyl/N-ethyl adjacent to an activating group) is 1. The van der Waals surface area contributed by atoms with E-state index in [0.717, 1.165) is 83.5 Å². The Morgan fingerprint density at radius 2 is 0.952 bits per heavy atom. The number of nitrogens with zero attached hydrogens (tertiary/aromatic N) is 1. The zero-order valence-electron chi connectivity index (χ0n) is 40.5. The average Bonchev–Trinajstić information content (AvgIpc) is 3.24. The van der Waals surface area contributed by atoms with Gasteiger partial charge in [0.1, 0.15) is 6.61 Å². The number of carboxylic acid groups (broad SMARTS) is 1. The molecule has 0 saturated carbocycles. The molecule has 0 amide bonds. The number of carbonyl (C=O) groups is 3. The standard InChI is InChI=1S/C55H89NO7/c1-6-8-10-12-14-16-18-20-22-24-25-26-27-28-29-30-32-34-36-38-40-42-44-46-54(58)63-51(49-61-48-47-52(55(59)60)56(3,4)5)50-62-53(57)45-43-41-39-37-35-33-31-23-21-19-17-15-13-11-9-7-2/h8,10,14,16,20,22-23,25-26,28-29,31-35,38,40,51-52H,6-7,9,11-13,15,17-19,21,24,27,30,36-37,39,41-50H2,1-5H3/p+1/b10-8+,16-14+,22-20+,26-25+,29-28+,31-23+,34-32+,35-33+,40-38+. The van der Waals surface area contributed by atoms with Gasteiger partial charge >= 0.3 is 17.9 Å². The van der Waals surface area contributed by atoms with Crippen molar-refractivity contribution >= 4 is 17.9 Å². The van der Waals surface area contributed by atoms with E-state index in [2.05, 4.69) is 123 Å². The van der Waals surface area contributed by atoms with E-state index in [-0.39, 0.29) is 42.7 Å². The molecule has 0 radical (unpaired) electrons. The highest BCUT2D eigenvalue weighted by Crippen LogP contribution is 2.12. The van der Waals surface area contributed by atoms with Crippen molar-refractivity contribution in [2.45, 2.75) is 180 Å². The van der Waals surface area contributed by atoms with Crippen molar-refractivity contribution in [1.82, 2.24) is 0 Å². The molecule has 8 nitrogen and oxygen atoms in total. The second kappa shape index (κ2) is 44.6. The summed E-state index contributed by atoms with van der Waals surface area (Å²) in [4.78, 5) is 37.1. The number of unbranched alkanes of at least 4 members (excludes halogenated alkanes) is 11. The predicted octanol–water partition coefficient (Wildman–Crippen LogP) is 14.0. The number of quaternary nitrogens is 1. The van der Waals surface area contributed by atoms with Gasteiger partial charge in [-0.3, -0.25) is 9.59 Å². The zero-order valence-corrected chi connectivity index (χ0v) is 40.5. The molecule has 0 heterocycles. The summed E-state index contributed by atoms with van der Waals surface area (Å²) in [6, 6.07) is -0.636. The van der Waals surface area contributed by atoms with Crippen molar-refractivity contribution < 1.29 is 38.2 Å². The lowest BCUT2D eigenvalue weighted by atomic mass is 10.1. The first-order valence-corrected chi connectivity index (χ1v) is 24.4. The van der Waals surface area contributed by atoms with Crippen LogP contribution in [-0.4, -0.2) is 80.6 Å². The molecule has 0 aromatic carbocycles. The second-order valence-electron chi connectivity index (χ2n) is 17.0. The van der Waals surface area contributed by atoms with E-state index in [4.69, 9.17) is 14.2 Å². The summed E-state index contributed by atoms with van der Waals surface area (Å²) >= 11 is 0. The molecule has 0 aromatic heterocycles. The Morgan fingerprint density at radius 1 is 0.508 bits per heavy atom. The minimum absolute atomic E-state index is 0.0220. The number of ether oxygens (including phenoxy) is 3. The molecule has 0 rings (SSSR count). The first-order chi connectivity index (χ1) is 30.6. The van der Waals surface area contributed by atoms with Gasteiger partial charge < -0.3 is 23.8 Å². The molecule has 0 bridgehead atoms. The average molecular weight is 877 g/mol. The molecule has 2 atom stereocenters. The van der Waals surface area contributed by atoms with Gasteiger partial charge in [0.05, 0.1) is 34.4 Å². The minimum Gasteiger partial charge on any atom is -0.477 e. The Kier molecular flexibility index (Phi) is 41.8. The quantitative estimate of drug-likeness (QED) is 0.0214. The van der Waals surface area contributed by atoms with Gasteiger partial charge in [-0.05, 0) is 89.9 Å². The van der Waals surface area contributed by atoms with Crippen molar-refractivity contribution in [2.75, 3.05) is 41.0 Å². The Bertz CT molecular complexity index is 1390. The summed E-state index contributed by atoms with van der Waals surface area (Å²) in [7, 11) is 5.49. The number of aliphatic carboxylic acids is 1. The molecule has 0 spiro atoms. The van der Waals surface area contributed by atoms with E-state index < -0.39 is 18.1 Å². The van der Waals surface area contributed by atoms with E-state index in [0.29, 0.717) is 19.3 Å². The zero-order chi connectivity index (χ0) is 46.3.